The molecule has 1 aliphatic rings. The van der Waals surface area contributed by atoms with Crippen LogP contribution in [0.4, 0.5) is 0 Å². The molecule has 0 aliphatic carbocycles. The van der Waals surface area contributed by atoms with Crippen LogP contribution in [0.2, 0.25) is 0 Å². The fourth-order valence-electron chi connectivity index (χ4n) is 2.40. The number of rotatable bonds is 5. The summed E-state index contributed by atoms with van der Waals surface area (Å²) in [6.07, 6.45) is 3.91. The molecule has 2 heterocycles. The summed E-state index contributed by atoms with van der Waals surface area (Å²) in [4.78, 5) is 0. The molecular weight excluding hydrogens is 414 g/mol. The van der Waals surface area contributed by atoms with Crippen molar-refractivity contribution in [3.8, 4) is 0 Å². The Labute approximate surface area is 135 Å². The average molecular weight is 431 g/mol. The van der Waals surface area contributed by atoms with Crippen molar-refractivity contribution in [2.24, 2.45) is 0 Å². The number of halogens is 2. The first-order valence-corrected chi connectivity index (χ1v) is 10.5. The maximum atomic E-state index is 12.7. The van der Waals surface area contributed by atoms with E-state index in [1.165, 1.54) is 11.3 Å². The zero-order valence-corrected chi connectivity index (χ0v) is 15.5. The highest BCUT2D eigenvalue weighted by Gasteiger charge is 2.35. The van der Waals surface area contributed by atoms with Gasteiger partial charge in [0.2, 0.25) is 0 Å². The van der Waals surface area contributed by atoms with E-state index in [2.05, 4.69) is 31.9 Å². The Morgan fingerprint density at radius 2 is 2.26 bits per heavy atom. The minimum absolute atomic E-state index is 0.170. The van der Waals surface area contributed by atoms with Crippen LogP contribution >= 0.6 is 43.2 Å². The van der Waals surface area contributed by atoms with Gasteiger partial charge in [-0.1, -0.05) is 15.9 Å². The lowest BCUT2D eigenvalue weighted by molar-refractivity contribution is 0.370. The number of alkyl halides is 1. The maximum absolute atomic E-state index is 12.7. The number of sulfonamides is 1. The number of thiophene rings is 1. The van der Waals surface area contributed by atoms with Gasteiger partial charge in [0.1, 0.15) is 4.21 Å². The summed E-state index contributed by atoms with van der Waals surface area (Å²) < 4.78 is 28.4. The summed E-state index contributed by atoms with van der Waals surface area (Å²) >= 11 is 8.13. The summed E-state index contributed by atoms with van der Waals surface area (Å²) in [5, 5.41) is 0.932. The molecule has 0 bridgehead atoms. The normalized spacial score (nSPS) is 21.1. The van der Waals surface area contributed by atoms with Crippen molar-refractivity contribution in [3.63, 3.8) is 0 Å². The zero-order valence-electron chi connectivity index (χ0n) is 10.7. The lowest BCUT2D eigenvalue weighted by Gasteiger charge is -2.23. The quantitative estimate of drug-likeness (QED) is 0.658. The van der Waals surface area contributed by atoms with E-state index in [9.17, 15) is 8.42 Å². The van der Waals surface area contributed by atoms with Crippen molar-refractivity contribution >= 4 is 53.2 Å². The van der Waals surface area contributed by atoms with Crippen LogP contribution in [-0.4, -0.2) is 30.6 Å². The molecule has 0 radical (unpaired) electrons. The molecule has 3 nitrogen and oxygen atoms in total. The van der Waals surface area contributed by atoms with E-state index in [1.807, 2.05) is 6.92 Å². The van der Waals surface area contributed by atoms with Crippen molar-refractivity contribution < 1.29 is 8.42 Å². The van der Waals surface area contributed by atoms with Gasteiger partial charge in [-0.2, -0.15) is 4.31 Å². The second-order valence-corrected chi connectivity index (χ2v) is 10.0. The highest BCUT2D eigenvalue weighted by molar-refractivity contribution is 9.11. The van der Waals surface area contributed by atoms with Gasteiger partial charge in [-0.15, -0.1) is 11.3 Å². The highest BCUT2D eigenvalue weighted by atomic mass is 79.9. The smallest absolute Gasteiger partial charge is 0.206 e. The number of hydrogen-bond donors (Lipinski definition) is 0. The van der Waals surface area contributed by atoms with Crippen LogP contribution < -0.4 is 0 Å². The molecule has 0 aromatic carbocycles. The van der Waals surface area contributed by atoms with Crippen molar-refractivity contribution in [3.05, 3.63) is 15.4 Å². The monoisotopic (exact) mass is 429 g/mol. The molecule has 0 amide bonds. The second kappa shape index (κ2) is 6.56. The number of aryl methyl sites for hydroxylation is 1. The molecule has 108 valence electrons. The summed E-state index contributed by atoms with van der Waals surface area (Å²) in [5.74, 6) is 0. The first kappa shape index (κ1) is 15.9. The molecule has 1 aromatic heterocycles. The highest BCUT2D eigenvalue weighted by Crippen LogP contribution is 2.35. The van der Waals surface area contributed by atoms with Gasteiger partial charge in [-0.3, -0.25) is 0 Å². The minimum Gasteiger partial charge on any atom is -0.206 e. The second-order valence-electron chi connectivity index (χ2n) is 4.77. The van der Waals surface area contributed by atoms with Gasteiger partial charge in [0.25, 0.3) is 10.0 Å². The topological polar surface area (TPSA) is 37.4 Å². The van der Waals surface area contributed by atoms with Crippen molar-refractivity contribution in [2.45, 2.75) is 42.9 Å². The third-order valence-electron chi connectivity index (χ3n) is 3.39. The number of nitrogens with zero attached hydrogens (tertiary/aromatic N) is 1. The van der Waals surface area contributed by atoms with Crippen LogP contribution in [0.15, 0.2) is 14.1 Å². The van der Waals surface area contributed by atoms with Crippen LogP contribution in [0.1, 0.15) is 31.2 Å². The van der Waals surface area contributed by atoms with E-state index in [1.54, 1.807) is 10.4 Å². The fraction of sp³-hybridized carbons (Fsp3) is 0.667. The number of hydrogen-bond acceptors (Lipinski definition) is 3. The van der Waals surface area contributed by atoms with Crippen LogP contribution in [-0.2, 0) is 10.0 Å². The summed E-state index contributed by atoms with van der Waals surface area (Å²) in [6.45, 7) is 2.58. The maximum Gasteiger partial charge on any atom is 0.252 e. The first-order valence-electron chi connectivity index (χ1n) is 6.30. The van der Waals surface area contributed by atoms with E-state index >= 15 is 0 Å². The van der Waals surface area contributed by atoms with Gasteiger partial charge in [0, 0.05) is 17.9 Å². The van der Waals surface area contributed by atoms with Gasteiger partial charge in [0.05, 0.1) is 3.79 Å². The third-order valence-corrected chi connectivity index (χ3v) is 8.49. The molecule has 0 spiro atoms. The molecule has 1 atom stereocenters. The summed E-state index contributed by atoms with van der Waals surface area (Å²) in [5.41, 5.74) is 0.986. The lowest BCUT2D eigenvalue weighted by atomic mass is 10.1. The van der Waals surface area contributed by atoms with Gasteiger partial charge < -0.3 is 0 Å². The molecule has 19 heavy (non-hydrogen) atoms. The Morgan fingerprint density at radius 3 is 2.84 bits per heavy atom. The predicted molar refractivity (Wildman–Crippen MR) is 86.7 cm³/mol. The SMILES string of the molecule is Cc1cc(S(=O)(=O)N2CCCC2CCCBr)sc1Br. The Balaban J connectivity index is 2.23. The van der Waals surface area contributed by atoms with Crippen molar-refractivity contribution in [1.29, 1.82) is 0 Å². The molecule has 1 saturated heterocycles. The van der Waals surface area contributed by atoms with Gasteiger partial charge in [-0.05, 0) is 60.2 Å². The third kappa shape index (κ3) is 3.43. The first-order chi connectivity index (χ1) is 8.96. The molecule has 0 saturated carbocycles. The Hall–Kier alpha value is 0.570. The molecule has 7 heteroatoms. The van der Waals surface area contributed by atoms with Crippen LogP contribution in [0, 0.1) is 6.92 Å². The molecule has 1 aromatic rings. The molecule has 1 fully saturated rings. The van der Waals surface area contributed by atoms with E-state index in [4.69, 9.17) is 0 Å². The minimum atomic E-state index is -3.31. The molecule has 1 unspecified atom stereocenters. The van der Waals surface area contributed by atoms with Gasteiger partial charge >= 0.3 is 0 Å². The standard InChI is InChI=1S/C12H17Br2NO2S2/c1-9-8-11(18-12(9)14)19(16,17)15-7-3-5-10(15)4-2-6-13/h8,10H,2-7H2,1H3. The average Bonchev–Trinajstić information content (AvgIpc) is 2.95. The largest absolute Gasteiger partial charge is 0.252 e. The van der Waals surface area contributed by atoms with Crippen molar-refractivity contribution in [1.82, 2.24) is 4.31 Å². The van der Waals surface area contributed by atoms with E-state index in [0.717, 1.165) is 40.4 Å². The molecule has 2 rings (SSSR count). The predicted octanol–water partition coefficient (Wildman–Crippen LogP) is 4.15. The Bertz CT molecular complexity index is 522. The zero-order chi connectivity index (χ0) is 14.0. The Morgan fingerprint density at radius 1 is 1.53 bits per heavy atom. The van der Waals surface area contributed by atoms with Crippen LogP contribution in [0.5, 0.6) is 0 Å². The van der Waals surface area contributed by atoms with Crippen LogP contribution in [0.25, 0.3) is 0 Å². The summed E-state index contributed by atoms with van der Waals surface area (Å²) in [6, 6.07) is 1.94. The van der Waals surface area contributed by atoms with E-state index < -0.39 is 10.0 Å². The van der Waals surface area contributed by atoms with Gasteiger partial charge in [-0.25, -0.2) is 8.42 Å². The Kier molecular flexibility index (Phi) is 5.50. The fourth-order valence-corrected chi connectivity index (χ4v) is 6.80. The molecular formula is C12H17Br2NO2S2. The lowest BCUT2D eigenvalue weighted by Crippen LogP contribution is -2.35. The van der Waals surface area contributed by atoms with Crippen molar-refractivity contribution in [2.75, 3.05) is 11.9 Å². The van der Waals surface area contributed by atoms with Gasteiger partial charge in [0.15, 0.2) is 0 Å². The van der Waals surface area contributed by atoms with Crippen LogP contribution in [0.3, 0.4) is 0 Å². The molecule has 1 aliphatic heterocycles. The van der Waals surface area contributed by atoms with E-state index in [-0.39, 0.29) is 6.04 Å². The van der Waals surface area contributed by atoms with E-state index in [0.29, 0.717) is 10.8 Å². The molecule has 0 N–H and O–H groups in total. The summed E-state index contributed by atoms with van der Waals surface area (Å²) in [7, 11) is -3.31.